The van der Waals surface area contributed by atoms with Gasteiger partial charge in [0.15, 0.2) is 5.78 Å². The molecule has 5 nitrogen and oxygen atoms in total. The predicted octanol–water partition coefficient (Wildman–Crippen LogP) is 0.746. The van der Waals surface area contributed by atoms with Gasteiger partial charge in [-0.2, -0.15) is 0 Å². The highest BCUT2D eigenvalue weighted by Crippen LogP contribution is 2.11. The third kappa shape index (κ3) is 4.16. The highest BCUT2D eigenvalue weighted by atomic mass is 16.2. The number of ketones is 2. The molecule has 0 aliphatic heterocycles. The molecule has 1 rings (SSSR count). The second-order valence-corrected chi connectivity index (χ2v) is 3.63. The number of rotatable bonds is 5. The number of carbonyl (C=O) groups is 3. The Balaban J connectivity index is 2.70. The van der Waals surface area contributed by atoms with E-state index in [4.69, 9.17) is 5.73 Å². The van der Waals surface area contributed by atoms with Crippen LogP contribution in [0.4, 0.5) is 5.69 Å². The summed E-state index contributed by atoms with van der Waals surface area (Å²) in [7, 11) is 0. The fourth-order valence-corrected chi connectivity index (χ4v) is 1.28. The Morgan fingerprint density at radius 3 is 2.24 bits per heavy atom. The van der Waals surface area contributed by atoms with E-state index in [0.29, 0.717) is 11.3 Å². The van der Waals surface area contributed by atoms with Crippen molar-refractivity contribution in [3.05, 3.63) is 29.8 Å². The molecule has 0 saturated carbocycles. The summed E-state index contributed by atoms with van der Waals surface area (Å²) < 4.78 is 0. The second-order valence-electron chi connectivity index (χ2n) is 3.63. The average molecular weight is 234 g/mol. The summed E-state index contributed by atoms with van der Waals surface area (Å²) in [6, 6.07) is 6.33. The SMILES string of the molecule is CC(=O)CC(=O)c1ccc(NC(=O)CN)cc1. The molecule has 0 fully saturated rings. The molecule has 1 aromatic rings. The summed E-state index contributed by atoms with van der Waals surface area (Å²) in [5.41, 5.74) is 6.17. The van der Waals surface area contributed by atoms with Crippen molar-refractivity contribution in [2.45, 2.75) is 13.3 Å². The van der Waals surface area contributed by atoms with Crippen molar-refractivity contribution in [2.75, 3.05) is 11.9 Å². The van der Waals surface area contributed by atoms with E-state index >= 15 is 0 Å². The standard InChI is InChI=1S/C12H14N2O3/c1-8(15)6-11(16)9-2-4-10(5-3-9)14-12(17)7-13/h2-5H,6-7,13H2,1H3,(H,14,17). The lowest BCUT2D eigenvalue weighted by atomic mass is 10.1. The molecule has 0 unspecified atom stereocenters. The zero-order valence-electron chi connectivity index (χ0n) is 9.53. The van der Waals surface area contributed by atoms with E-state index in [-0.39, 0.29) is 30.4 Å². The number of benzene rings is 1. The Bertz CT molecular complexity index is 438. The van der Waals surface area contributed by atoms with E-state index in [1.807, 2.05) is 0 Å². The molecule has 0 aliphatic carbocycles. The van der Waals surface area contributed by atoms with Gasteiger partial charge in [0.05, 0.1) is 13.0 Å². The van der Waals surface area contributed by atoms with E-state index in [0.717, 1.165) is 0 Å². The average Bonchev–Trinajstić information content (AvgIpc) is 2.28. The summed E-state index contributed by atoms with van der Waals surface area (Å²) in [5.74, 6) is -0.697. The number of Topliss-reactive ketones (excluding diaryl/α,β-unsaturated/α-hetero) is 2. The summed E-state index contributed by atoms with van der Waals surface area (Å²) >= 11 is 0. The third-order valence-corrected chi connectivity index (χ3v) is 2.09. The number of carbonyl (C=O) groups excluding carboxylic acids is 3. The van der Waals surface area contributed by atoms with Gasteiger partial charge in [0.1, 0.15) is 5.78 Å². The normalized spacial score (nSPS) is 9.76. The fourth-order valence-electron chi connectivity index (χ4n) is 1.28. The molecule has 5 heteroatoms. The third-order valence-electron chi connectivity index (χ3n) is 2.09. The molecule has 1 amide bonds. The van der Waals surface area contributed by atoms with Gasteiger partial charge < -0.3 is 11.1 Å². The monoisotopic (exact) mass is 234 g/mol. The Morgan fingerprint density at radius 1 is 1.18 bits per heavy atom. The van der Waals surface area contributed by atoms with E-state index in [1.54, 1.807) is 24.3 Å². The van der Waals surface area contributed by atoms with Gasteiger partial charge in [-0.3, -0.25) is 14.4 Å². The van der Waals surface area contributed by atoms with E-state index in [9.17, 15) is 14.4 Å². The second kappa shape index (κ2) is 5.91. The van der Waals surface area contributed by atoms with Crippen molar-refractivity contribution in [1.29, 1.82) is 0 Å². The molecule has 0 atom stereocenters. The molecule has 17 heavy (non-hydrogen) atoms. The van der Waals surface area contributed by atoms with Crippen LogP contribution < -0.4 is 11.1 Å². The van der Waals surface area contributed by atoms with Crippen molar-refractivity contribution in [2.24, 2.45) is 5.73 Å². The van der Waals surface area contributed by atoms with Gasteiger partial charge in [-0.05, 0) is 31.2 Å². The zero-order valence-corrected chi connectivity index (χ0v) is 9.53. The topological polar surface area (TPSA) is 89.3 Å². The quantitative estimate of drug-likeness (QED) is 0.581. The van der Waals surface area contributed by atoms with Crippen molar-refractivity contribution in [3.8, 4) is 0 Å². The molecular weight excluding hydrogens is 220 g/mol. The van der Waals surface area contributed by atoms with Crippen molar-refractivity contribution < 1.29 is 14.4 Å². The van der Waals surface area contributed by atoms with Crippen molar-refractivity contribution in [3.63, 3.8) is 0 Å². The van der Waals surface area contributed by atoms with Crippen LogP contribution in [-0.2, 0) is 9.59 Å². The maximum atomic E-state index is 11.5. The molecule has 3 N–H and O–H groups in total. The van der Waals surface area contributed by atoms with Gasteiger partial charge in [-0.25, -0.2) is 0 Å². The molecule has 0 aliphatic rings. The fraction of sp³-hybridized carbons (Fsp3) is 0.250. The first-order valence-electron chi connectivity index (χ1n) is 5.15. The number of anilines is 1. The number of nitrogens with one attached hydrogen (secondary N) is 1. The van der Waals surface area contributed by atoms with Crippen LogP contribution in [-0.4, -0.2) is 24.0 Å². The first-order chi connectivity index (χ1) is 8.02. The van der Waals surface area contributed by atoms with Crippen LogP contribution >= 0.6 is 0 Å². The highest BCUT2D eigenvalue weighted by Gasteiger charge is 2.08. The number of nitrogens with two attached hydrogens (primary N) is 1. The van der Waals surface area contributed by atoms with E-state index < -0.39 is 0 Å². The summed E-state index contributed by atoms with van der Waals surface area (Å²) in [4.78, 5) is 33.3. The Labute approximate surface area is 99.0 Å². The summed E-state index contributed by atoms with van der Waals surface area (Å²) in [5, 5.41) is 2.56. The van der Waals surface area contributed by atoms with Gasteiger partial charge >= 0.3 is 0 Å². The molecule has 0 spiro atoms. The number of hydrogen-bond donors (Lipinski definition) is 2. The van der Waals surface area contributed by atoms with Crippen LogP contribution in [0.3, 0.4) is 0 Å². The summed E-state index contributed by atoms with van der Waals surface area (Å²) in [6.07, 6.45) is -0.103. The zero-order chi connectivity index (χ0) is 12.8. The minimum Gasteiger partial charge on any atom is -0.325 e. The van der Waals surface area contributed by atoms with Crippen LogP contribution in [0.2, 0.25) is 0 Å². The lowest BCUT2D eigenvalue weighted by Crippen LogP contribution is -2.21. The van der Waals surface area contributed by atoms with Crippen LogP contribution in [0, 0.1) is 0 Å². The molecule has 0 aromatic heterocycles. The molecule has 90 valence electrons. The highest BCUT2D eigenvalue weighted by molar-refractivity contribution is 6.07. The van der Waals surface area contributed by atoms with E-state index in [1.165, 1.54) is 6.92 Å². The minimum absolute atomic E-state index is 0.0922. The maximum Gasteiger partial charge on any atom is 0.238 e. The Morgan fingerprint density at radius 2 is 1.76 bits per heavy atom. The van der Waals surface area contributed by atoms with Gasteiger partial charge in [0.2, 0.25) is 5.91 Å². The van der Waals surface area contributed by atoms with Gasteiger partial charge in [0.25, 0.3) is 0 Å². The smallest absolute Gasteiger partial charge is 0.238 e. The van der Waals surface area contributed by atoms with Crippen molar-refractivity contribution in [1.82, 2.24) is 0 Å². The van der Waals surface area contributed by atoms with Crippen LogP contribution in [0.25, 0.3) is 0 Å². The first-order valence-corrected chi connectivity index (χ1v) is 5.15. The maximum absolute atomic E-state index is 11.5. The molecule has 1 aromatic carbocycles. The number of amides is 1. The Kier molecular flexibility index (Phi) is 4.54. The Hall–Kier alpha value is -2.01. The van der Waals surface area contributed by atoms with E-state index in [2.05, 4.69) is 5.32 Å². The lowest BCUT2D eigenvalue weighted by molar-refractivity contribution is -0.116. The predicted molar refractivity (Wildman–Crippen MR) is 63.8 cm³/mol. The molecular formula is C12H14N2O3. The van der Waals surface area contributed by atoms with Gasteiger partial charge in [-0.15, -0.1) is 0 Å². The first kappa shape index (κ1) is 13.1. The van der Waals surface area contributed by atoms with Crippen LogP contribution in [0.5, 0.6) is 0 Å². The molecule has 0 radical (unpaired) electrons. The minimum atomic E-state index is -0.298. The molecule has 0 bridgehead atoms. The summed E-state index contributed by atoms with van der Waals surface area (Å²) in [6.45, 7) is 1.28. The molecule has 0 saturated heterocycles. The van der Waals surface area contributed by atoms with Crippen LogP contribution in [0.1, 0.15) is 23.7 Å². The van der Waals surface area contributed by atoms with Crippen LogP contribution in [0.15, 0.2) is 24.3 Å². The van der Waals surface area contributed by atoms with Crippen molar-refractivity contribution >= 4 is 23.2 Å². The largest absolute Gasteiger partial charge is 0.325 e. The molecule has 0 heterocycles. The van der Waals surface area contributed by atoms with Gasteiger partial charge in [-0.1, -0.05) is 0 Å². The lowest BCUT2D eigenvalue weighted by Gasteiger charge is -2.04. The number of hydrogen-bond acceptors (Lipinski definition) is 4. The van der Waals surface area contributed by atoms with Gasteiger partial charge in [0, 0.05) is 11.3 Å².